The first-order chi connectivity index (χ1) is 12.7. The van der Waals surface area contributed by atoms with E-state index in [0.29, 0.717) is 22.3 Å². The first-order valence-corrected chi connectivity index (χ1v) is 9.79. The third-order valence-electron chi connectivity index (χ3n) is 3.74. The van der Waals surface area contributed by atoms with Crippen LogP contribution in [0.2, 0.25) is 0 Å². The SMILES string of the molecule is COC(=O)Cc1cc(CNCC(=O)OC(C)(C)C)c(C)c(OS(=O)(=O)F)c1C. The highest BCUT2D eigenvalue weighted by molar-refractivity contribution is 7.81. The Kier molecular flexibility index (Phi) is 7.94. The van der Waals surface area contributed by atoms with Gasteiger partial charge >= 0.3 is 22.4 Å². The largest absolute Gasteiger partial charge is 0.488 e. The lowest BCUT2D eigenvalue weighted by atomic mass is 9.96. The van der Waals surface area contributed by atoms with Gasteiger partial charge in [0.25, 0.3) is 0 Å². The average Bonchev–Trinajstić information content (AvgIpc) is 2.52. The third-order valence-corrected chi connectivity index (χ3v) is 4.11. The van der Waals surface area contributed by atoms with Crippen molar-refractivity contribution in [2.24, 2.45) is 0 Å². The van der Waals surface area contributed by atoms with Gasteiger partial charge in [-0.2, -0.15) is 8.42 Å². The fourth-order valence-electron chi connectivity index (χ4n) is 2.50. The summed E-state index contributed by atoms with van der Waals surface area (Å²) in [6, 6.07) is 1.65. The maximum atomic E-state index is 13.1. The molecular weight excluding hydrogens is 393 g/mol. The highest BCUT2D eigenvalue weighted by Crippen LogP contribution is 2.31. The molecule has 0 aliphatic rings. The first-order valence-electron chi connectivity index (χ1n) is 8.49. The number of hydrogen-bond donors (Lipinski definition) is 1. The molecule has 0 fully saturated rings. The molecule has 1 aromatic rings. The minimum Gasteiger partial charge on any atom is -0.469 e. The first kappa shape index (κ1) is 23.8. The van der Waals surface area contributed by atoms with Gasteiger partial charge in [-0.1, -0.05) is 9.95 Å². The maximum Gasteiger partial charge on any atom is 0.488 e. The molecule has 0 amide bonds. The van der Waals surface area contributed by atoms with Gasteiger partial charge < -0.3 is 19.0 Å². The second kappa shape index (κ2) is 9.33. The molecule has 0 saturated heterocycles. The molecule has 0 spiro atoms. The lowest BCUT2D eigenvalue weighted by Crippen LogP contribution is -2.31. The summed E-state index contributed by atoms with van der Waals surface area (Å²) in [4.78, 5) is 23.4. The number of benzene rings is 1. The number of ether oxygens (including phenoxy) is 2. The van der Waals surface area contributed by atoms with Crippen molar-refractivity contribution in [1.82, 2.24) is 5.32 Å². The fraction of sp³-hybridized carbons (Fsp3) is 0.556. The summed E-state index contributed by atoms with van der Waals surface area (Å²) in [5.41, 5.74) is 1.00. The van der Waals surface area contributed by atoms with Crippen molar-refractivity contribution in [2.75, 3.05) is 13.7 Å². The van der Waals surface area contributed by atoms with Crippen LogP contribution in [0.15, 0.2) is 6.07 Å². The van der Waals surface area contributed by atoms with E-state index in [0.717, 1.165) is 0 Å². The molecule has 28 heavy (non-hydrogen) atoms. The summed E-state index contributed by atoms with van der Waals surface area (Å²) >= 11 is 0. The molecule has 158 valence electrons. The van der Waals surface area contributed by atoms with E-state index in [9.17, 15) is 21.9 Å². The van der Waals surface area contributed by atoms with Crippen LogP contribution in [0.4, 0.5) is 3.89 Å². The zero-order valence-corrected chi connectivity index (χ0v) is 17.7. The van der Waals surface area contributed by atoms with E-state index in [-0.39, 0.29) is 25.3 Å². The smallest absolute Gasteiger partial charge is 0.469 e. The summed E-state index contributed by atoms with van der Waals surface area (Å²) in [7, 11) is -4.03. The van der Waals surface area contributed by atoms with Crippen LogP contribution in [0.1, 0.15) is 43.0 Å². The Morgan fingerprint density at radius 3 is 2.18 bits per heavy atom. The Bertz CT molecular complexity index is 844. The number of nitrogens with one attached hydrogen (secondary N) is 1. The van der Waals surface area contributed by atoms with Crippen molar-refractivity contribution >= 4 is 22.4 Å². The van der Waals surface area contributed by atoms with E-state index < -0.39 is 28.0 Å². The number of carbonyl (C=O) groups is 2. The summed E-state index contributed by atoms with van der Waals surface area (Å²) in [5, 5.41) is 2.88. The van der Waals surface area contributed by atoms with Gasteiger partial charge in [-0.3, -0.25) is 9.59 Å². The number of esters is 2. The summed E-state index contributed by atoms with van der Waals surface area (Å²) in [6.07, 6.45) is -0.148. The van der Waals surface area contributed by atoms with Crippen LogP contribution in [0.25, 0.3) is 0 Å². The van der Waals surface area contributed by atoms with Crippen LogP contribution in [-0.2, 0) is 42.5 Å². The molecule has 8 nitrogen and oxygen atoms in total. The predicted octanol–water partition coefficient (Wildman–Crippen LogP) is 2.04. The zero-order chi connectivity index (χ0) is 21.7. The van der Waals surface area contributed by atoms with Crippen LogP contribution in [0.5, 0.6) is 5.75 Å². The molecule has 0 heterocycles. The molecular formula is C18H26FNO7S. The van der Waals surface area contributed by atoms with Gasteiger partial charge in [0.15, 0.2) is 5.75 Å². The van der Waals surface area contributed by atoms with Crippen molar-refractivity contribution in [2.45, 2.75) is 53.2 Å². The molecule has 0 aliphatic carbocycles. The Hall–Kier alpha value is -2.20. The average molecular weight is 419 g/mol. The Balaban J connectivity index is 3.12. The number of rotatable bonds is 8. The Morgan fingerprint density at radius 1 is 1.11 bits per heavy atom. The summed E-state index contributed by atoms with van der Waals surface area (Å²) < 4.78 is 49.4. The summed E-state index contributed by atoms with van der Waals surface area (Å²) in [5.74, 6) is -1.21. The highest BCUT2D eigenvalue weighted by Gasteiger charge is 2.21. The van der Waals surface area contributed by atoms with Gasteiger partial charge in [-0.25, -0.2) is 0 Å². The standard InChI is InChI=1S/C18H26FNO7S/c1-11-13(8-15(21)25-6)7-14(12(2)17(11)27-28(19,23)24)9-20-10-16(22)26-18(3,4)5/h7,20H,8-10H2,1-6H3. The molecule has 10 heteroatoms. The minimum atomic E-state index is -5.25. The van der Waals surface area contributed by atoms with Crippen LogP contribution < -0.4 is 9.50 Å². The normalized spacial score (nSPS) is 11.8. The zero-order valence-electron chi connectivity index (χ0n) is 16.8. The molecule has 1 aromatic carbocycles. The second-order valence-corrected chi connectivity index (χ2v) is 8.15. The molecule has 0 aromatic heterocycles. The lowest BCUT2D eigenvalue weighted by molar-refractivity contribution is -0.153. The van der Waals surface area contributed by atoms with Crippen molar-refractivity contribution < 1.29 is 35.5 Å². The van der Waals surface area contributed by atoms with E-state index >= 15 is 0 Å². The molecule has 0 aliphatic heterocycles. The third kappa shape index (κ3) is 7.81. The van der Waals surface area contributed by atoms with E-state index in [2.05, 4.69) is 14.2 Å². The molecule has 1 rings (SSSR count). The van der Waals surface area contributed by atoms with E-state index in [1.165, 1.54) is 14.0 Å². The van der Waals surface area contributed by atoms with E-state index in [4.69, 9.17) is 4.74 Å². The van der Waals surface area contributed by atoms with Crippen LogP contribution in [0, 0.1) is 13.8 Å². The summed E-state index contributed by atoms with van der Waals surface area (Å²) in [6.45, 7) is 8.36. The van der Waals surface area contributed by atoms with Crippen molar-refractivity contribution in [3.8, 4) is 5.75 Å². The van der Waals surface area contributed by atoms with Gasteiger partial charge in [0, 0.05) is 6.54 Å². The molecule has 1 N–H and O–H groups in total. The Labute approximate surface area is 164 Å². The van der Waals surface area contributed by atoms with Crippen LogP contribution >= 0.6 is 0 Å². The van der Waals surface area contributed by atoms with E-state index in [1.54, 1.807) is 33.8 Å². The number of hydrogen-bond acceptors (Lipinski definition) is 8. The molecule has 0 radical (unpaired) electrons. The second-order valence-electron chi connectivity index (χ2n) is 7.19. The van der Waals surface area contributed by atoms with Gasteiger partial charge in [0.1, 0.15) is 5.60 Å². The Morgan fingerprint density at radius 2 is 1.68 bits per heavy atom. The van der Waals surface area contributed by atoms with Crippen LogP contribution in [-0.4, -0.2) is 39.6 Å². The van der Waals surface area contributed by atoms with Gasteiger partial charge in [-0.15, -0.1) is 0 Å². The number of halogens is 1. The topological polar surface area (TPSA) is 108 Å². The monoisotopic (exact) mass is 419 g/mol. The van der Waals surface area contributed by atoms with Gasteiger partial charge in [0.2, 0.25) is 0 Å². The number of carbonyl (C=O) groups excluding carboxylic acids is 2. The highest BCUT2D eigenvalue weighted by atomic mass is 32.3. The van der Waals surface area contributed by atoms with Crippen molar-refractivity contribution in [3.05, 3.63) is 28.3 Å². The fourth-order valence-corrected chi connectivity index (χ4v) is 2.95. The molecule has 0 unspecified atom stereocenters. The quantitative estimate of drug-likeness (QED) is 0.504. The molecule has 0 atom stereocenters. The van der Waals surface area contributed by atoms with Crippen molar-refractivity contribution in [3.63, 3.8) is 0 Å². The van der Waals surface area contributed by atoms with Gasteiger partial charge in [-0.05, 0) is 56.9 Å². The minimum absolute atomic E-state index is 0.0888. The lowest BCUT2D eigenvalue weighted by Gasteiger charge is -2.20. The van der Waals surface area contributed by atoms with Crippen molar-refractivity contribution in [1.29, 1.82) is 0 Å². The molecule has 0 bridgehead atoms. The maximum absolute atomic E-state index is 13.1. The van der Waals surface area contributed by atoms with Gasteiger partial charge in [0.05, 0.1) is 20.1 Å². The molecule has 0 saturated carbocycles. The predicted molar refractivity (Wildman–Crippen MR) is 99.8 cm³/mol. The van der Waals surface area contributed by atoms with E-state index in [1.807, 2.05) is 0 Å². The number of methoxy groups -OCH3 is 1. The van der Waals surface area contributed by atoms with Crippen LogP contribution in [0.3, 0.4) is 0 Å².